The molecule has 0 atom stereocenters. The van der Waals surface area contributed by atoms with E-state index < -0.39 is 5.76 Å². The van der Waals surface area contributed by atoms with Crippen molar-refractivity contribution in [2.24, 2.45) is 0 Å². The lowest BCUT2D eigenvalue weighted by Crippen LogP contribution is -2.42. The summed E-state index contributed by atoms with van der Waals surface area (Å²) in [4.78, 5) is 12.8. The standard InChI is InChI=1S/C7H12N4O2.ClH/c12-7-10-9-6(13-7)5-11-3-1-8-2-4-11;/h8H,1-5H2,(H,10,12);1H. The quantitative estimate of drug-likeness (QED) is 0.682. The highest BCUT2D eigenvalue weighted by Gasteiger charge is 2.12. The molecule has 6 nitrogen and oxygen atoms in total. The maximum Gasteiger partial charge on any atom is 0.434 e. The Morgan fingerprint density at radius 1 is 1.43 bits per heavy atom. The summed E-state index contributed by atoms with van der Waals surface area (Å²) in [6.45, 7) is 4.51. The average molecular weight is 221 g/mol. The second kappa shape index (κ2) is 5.14. The zero-order valence-corrected chi connectivity index (χ0v) is 8.47. The lowest BCUT2D eigenvalue weighted by molar-refractivity contribution is 0.211. The van der Waals surface area contributed by atoms with E-state index in [4.69, 9.17) is 4.42 Å². The molecule has 7 heteroatoms. The minimum absolute atomic E-state index is 0. The van der Waals surface area contributed by atoms with E-state index >= 15 is 0 Å². The Balaban J connectivity index is 0.000000980. The summed E-state index contributed by atoms with van der Waals surface area (Å²) in [6, 6.07) is 0. The highest BCUT2D eigenvalue weighted by Crippen LogP contribution is 1.99. The van der Waals surface area contributed by atoms with Crippen molar-refractivity contribution >= 4 is 12.4 Å². The molecule has 80 valence electrons. The summed E-state index contributed by atoms with van der Waals surface area (Å²) in [5.74, 6) is -0.0166. The first-order valence-electron chi connectivity index (χ1n) is 4.32. The normalized spacial score (nSPS) is 17.7. The number of nitrogens with one attached hydrogen (secondary N) is 2. The Hall–Kier alpha value is -0.850. The molecular formula is C7H13ClN4O2. The number of rotatable bonds is 2. The monoisotopic (exact) mass is 220 g/mol. The number of piperazine rings is 1. The van der Waals surface area contributed by atoms with Crippen LogP contribution in [0.1, 0.15) is 5.89 Å². The maximum absolute atomic E-state index is 10.6. The minimum Gasteiger partial charge on any atom is -0.391 e. The molecule has 1 aliphatic rings. The molecule has 0 aromatic carbocycles. The van der Waals surface area contributed by atoms with E-state index in [1.165, 1.54) is 0 Å². The van der Waals surface area contributed by atoms with Crippen LogP contribution in [-0.4, -0.2) is 41.3 Å². The summed E-state index contributed by atoms with van der Waals surface area (Å²) >= 11 is 0. The molecular weight excluding hydrogens is 208 g/mol. The first kappa shape index (κ1) is 11.2. The first-order chi connectivity index (χ1) is 6.34. The molecule has 0 unspecified atom stereocenters. The SMILES string of the molecule is Cl.O=c1[nH]nc(CN2CCNCC2)o1. The molecule has 0 radical (unpaired) electrons. The van der Waals surface area contributed by atoms with Gasteiger partial charge in [0.2, 0.25) is 5.89 Å². The molecule has 1 aliphatic heterocycles. The van der Waals surface area contributed by atoms with Crippen LogP contribution in [0.5, 0.6) is 0 Å². The fourth-order valence-electron chi connectivity index (χ4n) is 1.39. The molecule has 2 rings (SSSR count). The Labute approximate surface area is 87.1 Å². The number of hydrogen-bond acceptors (Lipinski definition) is 5. The van der Waals surface area contributed by atoms with E-state index in [1.807, 2.05) is 0 Å². The molecule has 0 saturated carbocycles. The van der Waals surface area contributed by atoms with Gasteiger partial charge in [-0.3, -0.25) is 4.90 Å². The minimum atomic E-state index is -0.481. The molecule has 1 aromatic heterocycles. The van der Waals surface area contributed by atoms with E-state index in [0.29, 0.717) is 12.4 Å². The van der Waals surface area contributed by atoms with Crippen LogP contribution < -0.4 is 11.1 Å². The van der Waals surface area contributed by atoms with Crippen molar-refractivity contribution in [2.45, 2.75) is 6.54 Å². The number of H-pyrrole nitrogens is 1. The molecule has 1 fully saturated rings. The van der Waals surface area contributed by atoms with E-state index in [9.17, 15) is 4.79 Å². The van der Waals surface area contributed by atoms with E-state index in [2.05, 4.69) is 20.4 Å². The van der Waals surface area contributed by atoms with Gasteiger partial charge in [-0.25, -0.2) is 9.89 Å². The van der Waals surface area contributed by atoms with Crippen molar-refractivity contribution < 1.29 is 4.42 Å². The first-order valence-corrected chi connectivity index (χ1v) is 4.32. The summed E-state index contributed by atoms with van der Waals surface area (Å²) in [5, 5.41) is 9.23. The third-order valence-corrected chi connectivity index (χ3v) is 2.05. The van der Waals surface area contributed by atoms with Gasteiger partial charge in [-0.1, -0.05) is 0 Å². The summed E-state index contributed by atoms with van der Waals surface area (Å²) < 4.78 is 4.80. The highest BCUT2D eigenvalue weighted by molar-refractivity contribution is 5.85. The Morgan fingerprint density at radius 2 is 2.14 bits per heavy atom. The van der Waals surface area contributed by atoms with Gasteiger partial charge in [-0.05, 0) is 0 Å². The average Bonchev–Trinajstić information content (AvgIpc) is 2.53. The Morgan fingerprint density at radius 3 is 2.71 bits per heavy atom. The number of hydrogen-bond donors (Lipinski definition) is 2. The molecule has 0 aliphatic carbocycles. The molecule has 1 aromatic rings. The lowest BCUT2D eigenvalue weighted by atomic mass is 10.3. The van der Waals surface area contributed by atoms with Crippen LogP contribution in [-0.2, 0) is 6.54 Å². The van der Waals surface area contributed by atoms with Crippen LogP contribution in [0.15, 0.2) is 9.21 Å². The second-order valence-corrected chi connectivity index (χ2v) is 3.03. The van der Waals surface area contributed by atoms with Gasteiger partial charge in [0.1, 0.15) is 0 Å². The zero-order valence-electron chi connectivity index (χ0n) is 7.65. The van der Waals surface area contributed by atoms with E-state index in [-0.39, 0.29) is 12.4 Å². The third kappa shape index (κ3) is 2.83. The van der Waals surface area contributed by atoms with Gasteiger partial charge < -0.3 is 9.73 Å². The van der Waals surface area contributed by atoms with Crippen LogP contribution in [0, 0.1) is 0 Å². The predicted octanol–water partition coefficient (Wildman–Crippen LogP) is -0.810. The smallest absolute Gasteiger partial charge is 0.391 e. The third-order valence-electron chi connectivity index (χ3n) is 2.05. The Bertz CT molecular complexity index is 317. The fraction of sp³-hybridized carbons (Fsp3) is 0.714. The van der Waals surface area contributed by atoms with Crippen LogP contribution in [0.2, 0.25) is 0 Å². The van der Waals surface area contributed by atoms with Gasteiger partial charge in [0.15, 0.2) is 0 Å². The Kier molecular flexibility index (Phi) is 4.12. The lowest BCUT2D eigenvalue weighted by Gasteiger charge is -2.25. The summed E-state index contributed by atoms with van der Waals surface area (Å²) in [7, 11) is 0. The van der Waals surface area contributed by atoms with Crippen molar-refractivity contribution in [3.63, 3.8) is 0 Å². The summed E-state index contributed by atoms with van der Waals surface area (Å²) in [6.07, 6.45) is 0. The van der Waals surface area contributed by atoms with Crippen molar-refractivity contribution in [1.82, 2.24) is 20.4 Å². The van der Waals surface area contributed by atoms with Crippen molar-refractivity contribution in [1.29, 1.82) is 0 Å². The molecule has 2 N–H and O–H groups in total. The number of aromatic nitrogens is 2. The highest BCUT2D eigenvalue weighted by atomic mass is 35.5. The van der Waals surface area contributed by atoms with Crippen LogP contribution >= 0.6 is 12.4 Å². The van der Waals surface area contributed by atoms with Crippen molar-refractivity contribution in [3.8, 4) is 0 Å². The number of halogens is 1. The summed E-state index contributed by atoms with van der Waals surface area (Å²) in [5.41, 5.74) is 0. The predicted molar refractivity (Wildman–Crippen MR) is 52.5 cm³/mol. The van der Waals surface area contributed by atoms with E-state index in [0.717, 1.165) is 26.2 Å². The van der Waals surface area contributed by atoms with Gasteiger partial charge in [0.05, 0.1) is 6.54 Å². The number of nitrogens with zero attached hydrogens (tertiary/aromatic N) is 2. The van der Waals surface area contributed by atoms with Crippen LogP contribution in [0.3, 0.4) is 0 Å². The van der Waals surface area contributed by atoms with Gasteiger partial charge in [-0.15, -0.1) is 17.5 Å². The van der Waals surface area contributed by atoms with Crippen molar-refractivity contribution in [3.05, 3.63) is 16.4 Å². The topological polar surface area (TPSA) is 74.2 Å². The zero-order chi connectivity index (χ0) is 9.10. The largest absolute Gasteiger partial charge is 0.434 e. The second-order valence-electron chi connectivity index (χ2n) is 3.03. The molecule has 0 amide bonds. The number of aromatic amines is 1. The molecule has 0 bridgehead atoms. The molecule has 14 heavy (non-hydrogen) atoms. The molecule has 2 heterocycles. The van der Waals surface area contributed by atoms with E-state index in [1.54, 1.807) is 0 Å². The van der Waals surface area contributed by atoms with Crippen molar-refractivity contribution in [2.75, 3.05) is 26.2 Å². The van der Waals surface area contributed by atoms with Crippen LogP contribution in [0.4, 0.5) is 0 Å². The van der Waals surface area contributed by atoms with Gasteiger partial charge in [0.25, 0.3) is 0 Å². The van der Waals surface area contributed by atoms with Gasteiger partial charge >= 0.3 is 5.76 Å². The van der Waals surface area contributed by atoms with Gasteiger partial charge in [-0.2, -0.15) is 0 Å². The fourth-order valence-corrected chi connectivity index (χ4v) is 1.39. The van der Waals surface area contributed by atoms with Gasteiger partial charge in [0, 0.05) is 26.2 Å². The molecule has 0 spiro atoms. The molecule has 1 saturated heterocycles. The van der Waals surface area contributed by atoms with Crippen LogP contribution in [0.25, 0.3) is 0 Å². The maximum atomic E-state index is 10.6.